The number of imidazole rings is 1. The second kappa shape index (κ2) is 12.9. The van der Waals surface area contributed by atoms with E-state index in [0.29, 0.717) is 11.4 Å². The summed E-state index contributed by atoms with van der Waals surface area (Å²) in [5.41, 5.74) is 14.4. The molecule has 248 valence electrons. The Balaban J connectivity index is 1.37. The number of para-hydroxylation sites is 3. The number of benzene rings is 6. The van der Waals surface area contributed by atoms with E-state index in [1.807, 2.05) is 30.5 Å². The van der Waals surface area contributed by atoms with E-state index in [2.05, 4.69) is 154 Å². The van der Waals surface area contributed by atoms with Gasteiger partial charge in [-0.05, 0) is 88.7 Å². The highest BCUT2D eigenvalue weighted by atomic mass is 16.3. The van der Waals surface area contributed by atoms with Crippen LogP contribution >= 0.6 is 0 Å². The second-order valence-electron chi connectivity index (χ2n) is 14.2. The maximum Gasteiger partial charge on any atom is 0.149 e. The number of pyridine rings is 1. The summed E-state index contributed by atoms with van der Waals surface area (Å²) in [4.78, 5) is 10.2. The van der Waals surface area contributed by atoms with Gasteiger partial charge in [-0.15, -0.1) is 0 Å². The Morgan fingerprint density at radius 2 is 1.24 bits per heavy atom. The summed E-state index contributed by atoms with van der Waals surface area (Å²) in [6.07, 6.45) is 1.90. The molecule has 51 heavy (non-hydrogen) atoms. The maximum absolute atomic E-state index is 11.2. The molecule has 6 aromatic carbocycles. The maximum atomic E-state index is 11.2. The molecule has 1 N–H and O–H groups in total. The summed E-state index contributed by atoms with van der Waals surface area (Å²) in [5, 5.41) is 11.2. The molecule has 0 bridgehead atoms. The van der Waals surface area contributed by atoms with Gasteiger partial charge in [-0.1, -0.05) is 129 Å². The highest BCUT2D eigenvalue weighted by molar-refractivity contribution is 5.97. The van der Waals surface area contributed by atoms with Crippen LogP contribution in [0.4, 0.5) is 0 Å². The van der Waals surface area contributed by atoms with Gasteiger partial charge in [0.2, 0.25) is 0 Å². The Labute approximate surface area is 299 Å². The Kier molecular flexibility index (Phi) is 8.08. The van der Waals surface area contributed by atoms with Crippen molar-refractivity contribution in [3.05, 3.63) is 169 Å². The van der Waals surface area contributed by atoms with Crippen molar-refractivity contribution in [1.29, 1.82) is 0 Å². The molecule has 2 heterocycles. The summed E-state index contributed by atoms with van der Waals surface area (Å²) in [5.74, 6) is 0.864. The second-order valence-corrected chi connectivity index (χ2v) is 14.2. The SMILES string of the molecule is Cc1ccc(-c2ccnc(-c3cc(-c4cccc5c4nc(-c4ccccc4O)n5-c4ccccc4-c4ccccc4)cc(C(C)(C)C)c3)c2)cc1. The lowest BCUT2D eigenvalue weighted by Crippen LogP contribution is -2.11. The molecule has 0 aliphatic heterocycles. The molecule has 0 saturated heterocycles. The molecule has 0 aliphatic rings. The predicted molar refractivity (Wildman–Crippen MR) is 211 cm³/mol. The van der Waals surface area contributed by atoms with E-state index in [9.17, 15) is 5.11 Å². The molecule has 8 rings (SSSR count). The van der Waals surface area contributed by atoms with E-state index in [-0.39, 0.29) is 11.2 Å². The van der Waals surface area contributed by atoms with Crippen molar-refractivity contribution in [2.75, 3.05) is 0 Å². The van der Waals surface area contributed by atoms with Crippen molar-refractivity contribution < 1.29 is 5.11 Å². The number of rotatable bonds is 6. The van der Waals surface area contributed by atoms with Gasteiger partial charge in [-0.2, -0.15) is 0 Å². The molecule has 0 saturated carbocycles. The van der Waals surface area contributed by atoms with Crippen molar-refractivity contribution >= 4 is 11.0 Å². The summed E-state index contributed by atoms with van der Waals surface area (Å²) in [7, 11) is 0. The van der Waals surface area contributed by atoms with Crippen molar-refractivity contribution in [2.45, 2.75) is 33.1 Å². The molecule has 0 fully saturated rings. The smallest absolute Gasteiger partial charge is 0.149 e. The normalized spacial score (nSPS) is 11.6. The number of phenols is 1. The van der Waals surface area contributed by atoms with Gasteiger partial charge < -0.3 is 5.11 Å². The molecule has 4 heteroatoms. The van der Waals surface area contributed by atoms with Crippen LogP contribution in [-0.2, 0) is 5.41 Å². The van der Waals surface area contributed by atoms with Crippen molar-refractivity contribution in [2.24, 2.45) is 0 Å². The van der Waals surface area contributed by atoms with Crippen LogP contribution in [0.3, 0.4) is 0 Å². The average molecular weight is 662 g/mol. The standard InChI is InChI=1S/C47H39N3O/c1-31-21-23-32(24-22-31)34-25-26-48-41(30-34)36-27-35(28-37(29-36)47(2,3)4)39-17-12-19-43-45(39)49-46(40-16-9-11-20-44(40)51)50(43)42-18-10-8-15-38(42)33-13-6-5-7-14-33/h5-30,51H,1-4H3. The molecule has 0 amide bonds. The van der Waals surface area contributed by atoms with Crippen molar-refractivity contribution in [1.82, 2.24) is 14.5 Å². The lowest BCUT2D eigenvalue weighted by molar-refractivity contribution is 0.477. The number of nitrogens with zero attached hydrogens (tertiary/aromatic N) is 3. The predicted octanol–water partition coefficient (Wildman–Crippen LogP) is 12.1. The highest BCUT2D eigenvalue weighted by Crippen LogP contribution is 2.41. The fraction of sp³-hybridized carbons (Fsp3) is 0.106. The zero-order valence-electron chi connectivity index (χ0n) is 29.3. The van der Waals surface area contributed by atoms with Crippen LogP contribution in [-0.4, -0.2) is 19.6 Å². The zero-order valence-corrected chi connectivity index (χ0v) is 29.3. The third kappa shape index (κ3) is 6.10. The van der Waals surface area contributed by atoms with Crippen LogP contribution in [0.25, 0.3) is 72.7 Å². The zero-order chi connectivity index (χ0) is 35.1. The number of aromatic nitrogens is 3. The van der Waals surface area contributed by atoms with Gasteiger partial charge >= 0.3 is 0 Å². The molecule has 0 radical (unpaired) electrons. The molecular formula is C47H39N3O. The van der Waals surface area contributed by atoms with E-state index < -0.39 is 0 Å². The van der Waals surface area contributed by atoms with Crippen molar-refractivity contribution in [3.8, 4) is 67.5 Å². The first-order chi connectivity index (χ1) is 24.7. The Hall–Kier alpha value is -6.26. The van der Waals surface area contributed by atoms with E-state index in [1.54, 1.807) is 6.07 Å². The van der Waals surface area contributed by atoms with Crippen LogP contribution in [0.2, 0.25) is 0 Å². The molecule has 4 nitrogen and oxygen atoms in total. The van der Waals surface area contributed by atoms with Crippen LogP contribution < -0.4 is 0 Å². The molecule has 2 aromatic heterocycles. The van der Waals surface area contributed by atoms with Gasteiger partial charge in [0.05, 0.1) is 28.0 Å². The fourth-order valence-corrected chi connectivity index (χ4v) is 6.83. The van der Waals surface area contributed by atoms with E-state index in [1.165, 1.54) is 16.7 Å². The van der Waals surface area contributed by atoms with Gasteiger partial charge in [0.1, 0.15) is 11.6 Å². The molecular weight excluding hydrogens is 623 g/mol. The Bertz CT molecular complexity index is 2520. The highest BCUT2D eigenvalue weighted by Gasteiger charge is 2.23. The first-order valence-electron chi connectivity index (χ1n) is 17.4. The third-order valence-corrected chi connectivity index (χ3v) is 9.61. The van der Waals surface area contributed by atoms with Crippen LogP contribution in [0, 0.1) is 6.92 Å². The minimum Gasteiger partial charge on any atom is -0.507 e. The Morgan fingerprint density at radius 1 is 0.549 bits per heavy atom. The number of hydrogen-bond acceptors (Lipinski definition) is 3. The summed E-state index contributed by atoms with van der Waals surface area (Å²) in [6.45, 7) is 8.85. The van der Waals surface area contributed by atoms with E-state index in [0.717, 1.165) is 55.8 Å². The van der Waals surface area contributed by atoms with Gasteiger partial charge in [-0.25, -0.2) is 4.98 Å². The third-order valence-electron chi connectivity index (χ3n) is 9.61. The number of phenolic OH excluding ortho intramolecular Hbond substituents is 1. The molecule has 0 unspecified atom stereocenters. The largest absolute Gasteiger partial charge is 0.507 e. The topological polar surface area (TPSA) is 50.9 Å². The first-order valence-corrected chi connectivity index (χ1v) is 17.4. The number of hydrogen-bond donors (Lipinski definition) is 1. The number of aromatic hydroxyl groups is 1. The van der Waals surface area contributed by atoms with Crippen LogP contribution in [0.15, 0.2) is 158 Å². The van der Waals surface area contributed by atoms with Crippen LogP contribution in [0.1, 0.15) is 31.9 Å². The minimum absolute atomic E-state index is 0.109. The first kappa shape index (κ1) is 32.0. The van der Waals surface area contributed by atoms with E-state index >= 15 is 0 Å². The minimum atomic E-state index is -0.109. The lowest BCUT2D eigenvalue weighted by Gasteiger charge is -2.22. The van der Waals surface area contributed by atoms with Crippen molar-refractivity contribution in [3.63, 3.8) is 0 Å². The summed E-state index contributed by atoms with van der Waals surface area (Å²) >= 11 is 0. The van der Waals surface area contributed by atoms with Gasteiger partial charge in [0, 0.05) is 22.9 Å². The summed E-state index contributed by atoms with van der Waals surface area (Å²) < 4.78 is 2.19. The van der Waals surface area contributed by atoms with Gasteiger partial charge in [-0.3, -0.25) is 9.55 Å². The quantitative estimate of drug-likeness (QED) is 0.193. The van der Waals surface area contributed by atoms with Crippen LogP contribution in [0.5, 0.6) is 5.75 Å². The van der Waals surface area contributed by atoms with E-state index in [4.69, 9.17) is 9.97 Å². The van der Waals surface area contributed by atoms with Gasteiger partial charge in [0.25, 0.3) is 0 Å². The molecule has 8 aromatic rings. The van der Waals surface area contributed by atoms with Gasteiger partial charge in [0.15, 0.2) is 0 Å². The summed E-state index contributed by atoms with van der Waals surface area (Å²) in [6, 6.07) is 52.3. The molecule has 0 atom stereocenters. The molecule has 0 spiro atoms. The number of aryl methyl sites for hydroxylation is 1. The number of fused-ring (bicyclic) bond motifs is 1. The monoisotopic (exact) mass is 661 g/mol. The fourth-order valence-electron chi connectivity index (χ4n) is 6.83. The average Bonchev–Trinajstić information content (AvgIpc) is 3.54. The Morgan fingerprint density at radius 3 is 2.00 bits per heavy atom. The molecule has 0 aliphatic carbocycles. The lowest BCUT2D eigenvalue weighted by atomic mass is 9.83.